The van der Waals surface area contributed by atoms with Crippen molar-refractivity contribution in [3.05, 3.63) is 53.9 Å². The number of aromatic nitrogens is 2. The average Bonchev–Trinajstić information content (AvgIpc) is 3.31. The number of hydrogen-bond donors (Lipinski definition) is 1. The first-order chi connectivity index (χ1) is 13.9. The number of nitrogens with zero attached hydrogens (tertiary/aromatic N) is 3. The molecule has 0 unspecified atom stereocenters. The van der Waals surface area contributed by atoms with Crippen molar-refractivity contribution >= 4 is 27.5 Å². The van der Waals surface area contributed by atoms with Crippen LogP contribution in [0.2, 0.25) is 0 Å². The summed E-state index contributed by atoms with van der Waals surface area (Å²) < 4.78 is 33.8. The van der Waals surface area contributed by atoms with E-state index in [1.807, 2.05) is 20.2 Å². The molecule has 0 saturated carbocycles. The molecule has 1 aliphatic rings. The summed E-state index contributed by atoms with van der Waals surface area (Å²) in [7, 11) is 0.218. The maximum Gasteiger partial charge on any atom is 0.290 e. The van der Waals surface area contributed by atoms with Gasteiger partial charge in [-0.05, 0) is 49.8 Å². The number of likely N-dealkylation sites (N-methyl/N-ethyl adjacent to an activating group) is 1. The van der Waals surface area contributed by atoms with Crippen LogP contribution in [0.5, 0.6) is 5.75 Å². The molecular formula is C20H23N3O5S. The Hall–Kier alpha value is -2.91. The molecular weight excluding hydrogens is 394 g/mol. The zero-order valence-corrected chi connectivity index (χ0v) is 17.1. The quantitative estimate of drug-likeness (QED) is 0.634. The molecule has 8 nitrogen and oxygen atoms in total. The van der Waals surface area contributed by atoms with E-state index in [0.717, 1.165) is 36.0 Å². The first-order valence-corrected chi connectivity index (χ1v) is 10.5. The van der Waals surface area contributed by atoms with E-state index in [0.29, 0.717) is 17.9 Å². The molecule has 3 heterocycles. The largest absolute Gasteiger partial charge is 0.492 e. The van der Waals surface area contributed by atoms with E-state index in [4.69, 9.17) is 14.6 Å². The predicted molar refractivity (Wildman–Crippen MR) is 109 cm³/mol. The highest BCUT2D eigenvalue weighted by molar-refractivity contribution is 7.90. The summed E-state index contributed by atoms with van der Waals surface area (Å²) in [5, 5.41) is 6.89. The molecule has 9 heteroatoms. The third kappa shape index (κ3) is 4.10. The lowest BCUT2D eigenvalue weighted by Crippen LogP contribution is -2.15. The predicted octanol–water partition coefficient (Wildman–Crippen LogP) is 2.01. The molecule has 0 aliphatic carbocycles. The number of para-hydroxylation sites is 1. The van der Waals surface area contributed by atoms with E-state index in [2.05, 4.69) is 9.88 Å². The molecule has 0 fully saturated rings. The van der Waals surface area contributed by atoms with Gasteiger partial charge in [-0.25, -0.2) is 12.4 Å². The van der Waals surface area contributed by atoms with E-state index in [-0.39, 0.29) is 11.4 Å². The fourth-order valence-electron chi connectivity index (χ4n) is 3.31. The van der Waals surface area contributed by atoms with Crippen LogP contribution in [0.3, 0.4) is 0 Å². The third-order valence-corrected chi connectivity index (χ3v) is 6.34. The topological polar surface area (TPSA) is 102 Å². The molecule has 0 saturated heterocycles. The van der Waals surface area contributed by atoms with Crippen molar-refractivity contribution in [2.24, 2.45) is 0 Å². The minimum atomic E-state index is -3.77. The molecule has 1 N–H and O–H groups in total. The highest BCUT2D eigenvalue weighted by Crippen LogP contribution is 2.35. The number of carbonyl (C=O) groups is 1. The number of benzene rings is 1. The van der Waals surface area contributed by atoms with Gasteiger partial charge in [0.1, 0.15) is 10.6 Å². The van der Waals surface area contributed by atoms with Gasteiger partial charge in [-0.1, -0.05) is 12.1 Å². The fraction of sp³-hybridized carbons (Fsp3) is 0.300. The van der Waals surface area contributed by atoms with Gasteiger partial charge in [-0.3, -0.25) is 9.78 Å². The summed E-state index contributed by atoms with van der Waals surface area (Å²) in [6.45, 7) is 1.09. The summed E-state index contributed by atoms with van der Waals surface area (Å²) in [5.74, 6) is 0.480. The maximum absolute atomic E-state index is 13.4. The minimum absolute atomic E-state index is 0.215. The molecule has 4 rings (SSSR count). The van der Waals surface area contributed by atoms with Crippen LogP contribution in [0, 0.1) is 0 Å². The Morgan fingerprint density at radius 3 is 2.76 bits per heavy atom. The van der Waals surface area contributed by atoms with Crippen molar-refractivity contribution < 1.29 is 23.1 Å². The van der Waals surface area contributed by atoms with E-state index in [1.54, 1.807) is 36.7 Å². The van der Waals surface area contributed by atoms with Crippen LogP contribution in [-0.2, 0) is 27.7 Å². The van der Waals surface area contributed by atoms with Crippen molar-refractivity contribution in [2.75, 3.05) is 27.2 Å². The molecule has 0 spiro atoms. The average molecular weight is 417 g/mol. The Morgan fingerprint density at radius 1 is 1.28 bits per heavy atom. The number of pyridine rings is 1. The molecule has 3 aromatic rings. The zero-order valence-electron chi connectivity index (χ0n) is 16.3. The van der Waals surface area contributed by atoms with Crippen LogP contribution in [0.1, 0.15) is 11.1 Å². The Kier molecular flexibility index (Phi) is 6.19. The SMILES string of the molecule is CN(C)CCc1cn(S(=O)(=O)c2cccc3c2OCC3)c2cccnc12.O=CO. The Morgan fingerprint density at radius 2 is 2.03 bits per heavy atom. The van der Waals surface area contributed by atoms with Crippen LogP contribution in [0.15, 0.2) is 47.6 Å². The standard InChI is InChI=1S/C19H21N3O3S.CH2O2/c1-21(2)11-8-15-13-22(16-6-4-10-20-18(15)16)26(23,24)17-7-3-5-14-9-12-25-19(14)17;2-1-3/h3-7,10,13H,8-9,11-12H2,1-2H3;1H,(H,2,3). The lowest BCUT2D eigenvalue weighted by atomic mass is 10.2. The summed E-state index contributed by atoms with van der Waals surface area (Å²) >= 11 is 0. The Bertz CT molecular complexity index is 1120. The molecule has 1 aromatic carbocycles. The van der Waals surface area contributed by atoms with Crippen LogP contribution in [0.4, 0.5) is 0 Å². The van der Waals surface area contributed by atoms with Crippen molar-refractivity contribution in [1.82, 2.24) is 13.9 Å². The Balaban J connectivity index is 0.000000755. The van der Waals surface area contributed by atoms with Gasteiger partial charge in [0.05, 0.1) is 17.6 Å². The van der Waals surface area contributed by atoms with E-state index in [9.17, 15) is 8.42 Å². The lowest BCUT2D eigenvalue weighted by molar-refractivity contribution is -0.122. The number of hydrogen-bond acceptors (Lipinski definition) is 6. The second kappa shape index (κ2) is 8.62. The normalized spacial score (nSPS) is 12.9. The highest BCUT2D eigenvalue weighted by Gasteiger charge is 2.28. The first-order valence-electron chi connectivity index (χ1n) is 9.08. The third-order valence-electron chi connectivity index (χ3n) is 4.64. The molecule has 0 bridgehead atoms. The van der Waals surface area contributed by atoms with Gasteiger partial charge in [0, 0.05) is 25.4 Å². The smallest absolute Gasteiger partial charge is 0.290 e. The molecule has 29 heavy (non-hydrogen) atoms. The van der Waals surface area contributed by atoms with Gasteiger partial charge in [-0.15, -0.1) is 0 Å². The van der Waals surface area contributed by atoms with Crippen LogP contribution < -0.4 is 4.74 Å². The van der Waals surface area contributed by atoms with Gasteiger partial charge >= 0.3 is 0 Å². The van der Waals surface area contributed by atoms with Crippen molar-refractivity contribution in [2.45, 2.75) is 17.7 Å². The van der Waals surface area contributed by atoms with E-state index >= 15 is 0 Å². The van der Waals surface area contributed by atoms with Crippen LogP contribution in [-0.4, -0.2) is 61.1 Å². The molecule has 154 valence electrons. The number of ether oxygens (including phenoxy) is 1. The Labute approximate surface area is 169 Å². The number of carboxylic acid groups (broad SMARTS) is 1. The van der Waals surface area contributed by atoms with Crippen LogP contribution >= 0.6 is 0 Å². The van der Waals surface area contributed by atoms with Crippen LogP contribution in [0.25, 0.3) is 11.0 Å². The summed E-state index contributed by atoms with van der Waals surface area (Å²) in [4.78, 5) is 15.1. The number of fused-ring (bicyclic) bond motifs is 2. The van der Waals surface area contributed by atoms with Gasteiger partial charge in [0.25, 0.3) is 16.5 Å². The van der Waals surface area contributed by atoms with E-state index < -0.39 is 10.0 Å². The first kappa shape index (κ1) is 20.8. The maximum atomic E-state index is 13.4. The molecule has 0 radical (unpaired) electrons. The molecule has 2 aromatic heterocycles. The summed E-state index contributed by atoms with van der Waals surface area (Å²) in [6, 6.07) is 8.86. The molecule has 1 aliphatic heterocycles. The lowest BCUT2D eigenvalue weighted by Gasteiger charge is -2.11. The molecule has 0 amide bonds. The zero-order chi connectivity index (χ0) is 21.0. The fourth-order valence-corrected chi connectivity index (χ4v) is 4.87. The van der Waals surface area contributed by atoms with Gasteiger partial charge in [-0.2, -0.15) is 0 Å². The van der Waals surface area contributed by atoms with Crippen molar-refractivity contribution in [1.29, 1.82) is 0 Å². The van der Waals surface area contributed by atoms with Crippen molar-refractivity contribution in [3.8, 4) is 5.75 Å². The van der Waals surface area contributed by atoms with E-state index in [1.165, 1.54) is 3.97 Å². The van der Waals surface area contributed by atoms with Gasteiger partial charge in [0.2, 0.25) is 0 Å². The second-order valence-electron chi connectivity index (χ2n) is 6.83. The van der Waals surface area contributed by atoms with Gasteiger partial charge < -0.3 is 14.7 Å². The molecule has 0 atom stereocenters. The second-order valence-corrected chi connectivity index (χ2v) is 8.61. The summed E-state index contributed by atoms with van der Waals surface area (Å²) in [6.07, 6.45) is 4.86. The monoisotopic (exact) mass is 417 g/mol. The van der Waals surface area contributed by atoms with Gasteiger partial charge in [0.15, 0.2) is 0 Å². The number of rotatable bonds is 5. The summed E-state index contributed by atoms with van der Waals surface area (Å²) in [5.41, 5.74) is 3.18. The highest BCUT2D eigenvalue weighted by atomic mass is 32.2. The van der Waals surface area contributed by atoms with Crippen molar-refractivity contribution in [3.63, 3.8) is 0 Å². The minimum Gasteiger partial charge on any atom is -0.492 e.